The Balaban J connectivity index is 1.29. The minimum absolute atomic E-state index is 0.190. The quantitative estimate of drug-likeness (QED) is 0.380. The third kappa shape index (κ3) is 6.29. The number of benzene rings is 2. The summed E-state index contributed by atoms with van der Waals surface area (Å²) in [7, 11) is 3.78. The van der Waals surface area contributed by atoms with Gasteiger partial charge in [0.15, 0.2) is 5.82 Å². The van der Waals surface area contributed by atoms with Crippen LogP contribution in [0, 0.1) is 6.92 Å². The van der Waals surface area contributed by atoms with E-state index in [2.05, 4.69) is 20.3 Å². The number of anilines is 1. The molecule has 1 fully saturated rings. The number of carbonyl (C=O) groups excluding carboxylic acids is 1. The van der Waals surface area contributed by atoms with Gasteiger partial charge in [0, 0.05) is 68.7 Å². The molecule has 5 rings (SSSR count). The van der Waals surface area contributed by atoms with Gasteiger partial charge in [0.25, 0.3) is 0 Å². The number of fused-ring (bicyclic) bond motifs is 1. The molecule has 1 amide bonds. The van der Waals surface area contributed by atoms with Crippen molar-refractivity contribution in [2.24, 2.45) is 7.05 Å². The Kier molecular flexibility index (Phi) is 7.42. The van der Waals surface area contributed by atoms with Crippen LogP contribution in [-0.4, -0.2) is 63.7 Å². The van der Waals surface area contributed by atoms with Gasteiger partial charge in [0.05, 0.1) is 17.7 Å². The smallest absolute Gasteiger partial charge is 0.309 e. The molecule has 0 bridgehead atoms. The topological polar surface area (TPSA) is 66.3 Å². The van der Waals surface area contributed by atoms with Crippen molar-refractivity contribution in [2.45, 2.75) is 26.1 Å². The summed E-state index contributed by atoms with van der Waals surface area (Å²) in [6.07, 6.45) is -2.87. The van der Waals surface area contributed by atoms with Crippen LogP contribution in [0.3, 0.4) is 0 Å². The molecule has 0 unspecified atom stereocenters. The maximum atomic E-state index is 13.9. The number of pyridine rings is 1. The summed E-state index contributed by atoms with van der Waals surface area (Å²) in [6, 6.07) is 14.0. The minimum Gasteiger partial charge on any atom is -0.309 e. The highest BCUT2D eigenvalue weighted by molar-refractivity contribution is 5.92. The van der Waals surface area contributed by atoms with E-state index in [1.54, 1.807) is 23.9 Å². The molecule has 0 saturated carbocycles. The van der Waals surface area contributed by atoms with Gasteiger partial charge in [-0.05, 0) is 48.7 Å². The number of amides is 1. The lowest BCUT2D eigenvalue weighted by atomic mass is 10.0. The van der Waals surface area contributed by atoms with Crippen LogP contribution in [0.25, 0.3) is 22.0 Å². The summed E-state index contributed by atoms with van der Waals surface area (Å²) in [5.74, 6) is -0.0971. The molecule has 2 aromatic carbocycles. The van der Waals surface area contributed by atoms with Gasteiger partial charge in [-0.3, -0.25) is 19.4 Å². The van der Waals surface area contributed by atoms with Crippen LogP contribution < -0.4 is 5.32 Å². The summed E-state index contributed by atoms with van der Waals surface area (Å²) in [4.78, 5) is 21.3. The van der Waals surface area contributed by atoms with E-state index in [0.29, 0.717) is 11.4 Å². The van der Waals surface area contributed by atoms with Gasteiger partial charge in [-0.1, -0.05) is 24.3 Å². The molecule has 1 saturated heterocycles. The van der Waals surface area contributed by atoms with E-state index in [1.165, 1.54) is 6.07 Å². The second-order valence-corrected chi connectivity index (χ2v) is 10.2. The molecule has 4 aromatic rings. The van der Waals surface area contributed by atoms with E-state index in [-0.39, 0.29) is 18.5 Å². The second kappa shape index (κ2) is 10.8. The third-order valence-electron chi connectivity index (χ3n) is 7.14. The molecule has 1 aliphatic heterocycles. The van der Waals surface area contributed by atoms with E-state index in [1.807, 2.05) is 49.3 Å². The number of aryl methyl sites for hydroxylation is 2. The van der Waals surface area contributed by atoms with Gasteiger partial charge in [-0.2, -0.15) is 18.3 Å². The molecule has 0 radical (unpaired) electrons. The lowest BCUT2D eigenvalue weighted by Gasteiger charge is -2.33. The predicted octanol–water partition coefficient (Wildman–Crippen LogP) is 4.89. The van der Waals surface area contributed by atoms with Crippen LogP contribution in [0.1, 0.15) is 22.4 Å². The van der Waals surface area contributed by atoms with Crippen molar-refractivity contribution in [3.05, 3.63) is 77.1 Å². The van der Waals surface area contributed by atoms with Crippen LogP contribution >= 0.6 is 0 Å². The Morgan fingerprint density at radius 2 is 1.74 bits per heavy atom. The van der Waals surface area contributed by atoms with Crippen molar-refractivity contribution in [3.8, 4) is 11.3 Å². The zero-order chi connectivity index (χ0) is 27.7. The minimum atomic E-state index is -4.50. The molecular formula is C29H31F3N6O. The first-order valence-corrected chi connectivity index (χ1v) is 12.9. The lowest BCUT2D eigenvalue weighted by Crippen LogP contribution is -2.44. The third-order valence-corrected chi connectivity index (χ3v) is 7.14. The Hall–Kier alpha value is -3.76. The molecular weight excluding hydrogens is 505 g/mol. The molecule has 10 heteroatoms. The van der Waals surface area contributed by atoms with Crippen molar-refractivity contribution >= 4 is 22.5 Å². The Morgan fingerprint density at radius 1 is 0.974 bits per heavy atom. The summed E-state index contributed by atoms with van der Waals surface area (Å²) in [5, 5.41) is 9.18. The number of hydrogen-bond acceptors (Lipinski definition) is 5. The van der Waals surface area contributed by atoms with Crippen molar-refractivity contribution in [1.82, 2.24) is 24.6 Å². The van der Waals surface area contributed by atoms with Crippen LogP contribution in [0.5, 0.6) is 0 Å². The first kappa shape index (κ1) is 26.8. The molecule has 1 N–H and O–H groups in total. The first-order valence-electron chi connectivity index (χ1n) is 12.9. The average Bonchev–Trinajstić information content (AvgIpc) is 3.24. The van der Waals surface area contributed by atoms with Crippen molar-refractivity contribution < 1.29 is 18.0 Å². The molecule has 3 heterocycles. The number of piperazine rings is 1. The van der Waals surface area contributed by atoms with E-state index in [4.69, 9.17) is 0 Å². The van der Waals surface area contributed by atoms with Crippen molar-refractivity contribution in [2.75, 3.05) is 38.5 Å². The van der Waals surface area contributed by atoms with Crippen molar-refractivity contribution in [1.29, 1.82) is 0 Å². The van der Waals surface area contributed by atoms with Gasteiger partial charge in [0.1, 0.15) is 0 Å². The lowest BCUT2D eigenvalue weighted by molar-refractivity contribution is -0.138. The number of halogens is 3. The fraction of sp³-hybridized carbons (Fsp3) is 0.345. The number of likely N-dealkylation sites (N-methyl/N-ethyl adjacent to an activating group) is 1. The molecule has 2 aromatic heterocycles. The molecule has 7 nitrogen and oxygen atoms in total. The highest BCUT2D eigenvalue weighted by Gasteiger charge is 2.34. The molecule has 0 atom stereocenters. The highest BCUT2D eigenvalue weighted by Crippen LogP contribution is 2.34. The van der Waals surface area contributed by atoms with Crippen LogP contribution in [0.4, 0.5) is 19.0 Å². The fourth-order valence-corrected chi connectivity index (χ4v) is 4.96. The van der Waals surface area contributed by atoms with E-state index >= 15 is 0 Å². The Labute approximate surface area is 225 Å². The van der Waals surface area contributed by atoms with E-state index in [9.17, 15) is 18.0 Å². The highest BCUT2D eigenvalue weighted by atomic mass is 19.4. The largest absolute Gasteiger partial charge is 0.416 e. The fourth-order valence-electron chi connectivity index (χ4n) is 4.96. The monoisotopic (exact) mass is 536 g/mol. The van der Waals surface area contributed by atoms with Crippen molar-refractivity contribution in [3.63, 3.8) is 0 Å². The predicted molar refractivity (Wildman–Crippen MR) is 145 cm³/mol. The summed E-state index contributed by atoms with van der Waals surface area (Å²) >= 11 is 0. The SMILES string of the molecule is Cc1cc2ccc(-c3cc(NC(=O)Cc4ccc(CN5CCN(C)CC5)c(C(F)(F)F)c4)nn3C)cc2cn1. The molecule has 0 spiro atoms. The van der Waals surface area contributed by atoms with Crippen LogP contribution in [0.2, 0.25) is 0 Å². The number of nitrogens with zero attached hydrogens (tertiary/aromatic N) is 5. The number of rotatable bonds is 6. The Morgan fingerprint density at radius 3 is 2.49 bits per heavy atom. The van der Waals surface area contributed by atoms with Gasteiger partial charge < -0.3 is 10.2 Å². The maximum absolute atomic E-state index is 13.9. The van der Waals surface area contributed by atoms with Gasteiger partial charge in [-0.15, -0.1) is 0 Å². The normalized spacial score (nSPS) is 15.1. The number of alkyl halides is 3. The zero-order valence-corrected chi connectivity index (χ0v) is 22.2. The number of hydrogen-bond donors (Lipinski definition) is 1. The van der Waals surface area contributed by atoms with E-state index < -0.39 is 17.6 Å². The Bertz CT molecular complexity index is 1500. The standard InChI is InChI=1S/C29H31F3N6O/c1-19-12-21-6-7-22(15-24(21)17-33-19)26-16-27(35-37(26)3)34-28(39)14-20-4-5-23(25(13-20)29(30,31)32)18-38-10-8-36(2)9-11-38/h4-7,12-13,15-17H,8-11,14,18H2,1-3H3,(H,34,35,39). The van der Waals surface area contributed by atoms with Gasteiger partial charge >= 0.3 is 6.18 Å². The van der Waals surface area contributed by atoms with Gasteiger partial charge in [-0.25, -0.2) is 0 Å². The molecule has 1 aliphatic rings. The second-order valence-electron chi connectivity index (χ2n) is 10.2. The number of carbonyl (C=O) groups is 1. The van der Waals surface area contributed by atoms with Crippen LogP contribution in [0.15, 0.2) is 54.7 Å². The molecule has 0 aliphatic carbocycles. The summed E-state index contributed by atoms with van der Waals surface area (Å²) < 4.78 is 43.4. The molecule has 39 heavy (non-hydrogen) atoms. The average molecular weight is 537 g/mol. The van der Waals surface area contributed by atoms with E-state index in [0.717, 1.165) is 60.0 Å². The summed E-state index contributed by atoms with van der Waals surface area (Å²) in [6.45, 7) is 5.27. The van der Waals surface area contributed by atoms with Crippen LogP contribution in [-0.2, 0) is 31.0 Å². The molecule has 204 valence electrons. The number of aromatic nitrogens is 3. The summed E-state index contributed by atoms with van der Waals surface area (Å²) in [5.41, 5.74) is 2.48. The van der Waals surface area contributed by atoms with Gasteiger partial charge in [0.2, 0.25) is 5.91 Å². The maximum Gasteiger partial charge on any atom is 0.416 e. The number of nitrogens with one attached hydrogen (secondary N) is 1. The first-order chi connectivity index (χ1) is 18.5. The zero-order valence-electron chi connectivity index (χ0n) is 22.2.